The zero-order valence-corrected chi connectivity index (χ0v) is 12.3. The van der Waals surface area contributed by atoms with E-state index >= 15 is 0 Å². The number of amides is 1. The molecule has 8 heteroatoms. The molecule has 0 saturated carbocycles. The van der Waals surface area contributed by atoms with Crippen molar-refractivity contribution in [3.63, 3.8) is 0 Å². The van der Waals surface area contributed by atoms with E-state index in [0.29, 0.717) is 11.2 Å². The van der Waals surface area contributed by atoms with E-state index in [1.165, 1.54) is 11.0 Å². The van der Waals surface area contributed by atoms with Gasteiger partial charge in [-0.2, -0.15) is 19.0 Å². The molecule has 2 heterocycles. The van der Waals surface area contributed by atoms with Crippen LogP contribution in [0.25, 0.3) is 0 Å². The van der Waals surface area contributed by atoms with Crippen LogP contribution in [0.1, 0.15) is 34.0 Å². The monoisotopic (exact) mass is 297 g/mol. The van der Waals surface area contributed by atoms with Crippen molar-refractivity contribution >= 4 is 5.91 Å². The first-order chi connectivity index (χ1) is 9.81. The molecule has 114 valence electrons. The van der Waals surface area contributed by atoms with Crippen LogP contribution in [-0.4, -0.2) is 37.4 Å². The van der Waals surface area contributed by atoms with Crippen LogP contribution in [0.15, 0.2) is 12.3 Å². The molecule has 0 radical (unpaired) electrons. The Morgan fingerprint density at radius 2 is 2.05 bits per heavy atom. The second kappa shape index (κ2) is 5.63. The van der Waals surface area contributed by atoms with Gasteiger partial charge in [0.05, 0.1) is 5.69 Å². The second-order valence-corrected chi connectivity index (χ2v) is 4.89. The van der Waals surface area contributed by atoms with Gasteiger partial charge in [0.2, 0.25) is 0 Å². The van der Waals surface area contributed by atoms with E-state index in [1.54, 1.807) is 11.7 Å². The van der Waals surface area contributed by atoms with E-state index in [-0.39, 0.29) is 5.69 Å². The van der Waals surface area contributed by atoms with Gasteiger partial charge in [0.1, 0.15) is 0 Å². The molecule has 6 nitrogen and oxygen atoms in total. The van der Waals surface area contributed by atoms with Gasteiger partial charge in [-0.15, -0.1) is 0 Å². The van der Waals surface area contributed by atoms with E-state index < -0.39 is 12.5 Å². The molecule has 0 aromatic carbocycles. The summed E-state index contributed by atoms with van der Waals surface area (Å²) in [5.41, 5.74) is 2.75. The van der Waals surface area contributed by atoms with Crippen LogP contribution in [0.3, 0.4) is 0 Å². The maximum atomic E-state index is 12.5. The maximum Gasteiger partial charge on any atom is 0.333 e. The topological polar surface area (TPSA) is 56.0 Å². The molecule has 0 fully saturated rings. The molecular weight excluding hydrogens is 280 g/mol. The largest absolute Gasteiger partial charge is 0.336 e. The molecule has 1 amide bonds. The second-order valence-electron chi connectivity index (χ2n) is 4.89. The number of aromatic nitrogens is 4. The third-order valence-electron chi connectivity index (χ3n) is 3.43. The van der Waals surface area contributed by atoms with Crippen molar-refractivity contribution in [2.75, 3.05) is 7.05 Å². The summed E-state index contributed by atoms with van der Waals surface area (Å²) in [5, 5.41) is 7.86. The zero-order chi connectivity index (χ0) is 15.7. The number of rotatable bonds is 4. The Bertz CT molecular complexity index is 662. The van der Waals surface area contributed by atoms with Gasteiger partial charge >= 0.3 is 6.55 Å². The fourth-order valence-electron chi connectivity index (χ4n) is 2.11. The number of carbonyl (C=O) groups excluding carboxylic acids is 1. The van der Waals surface area contributed by atoms with Crippen LogP contribution in [0.5, 0.6) is 0 Å². The highest BCUT2D eigenvalue weighted by atomic mass is 19.3. The molecule has 2 aromatic rings. The van der Waals surface area contributed by atoms with E-state index in [9.17, 15) is 13.6 Å². The lowest BCUT2D eigenvalue weighted by molar-refractivity contribution is 0.0553. The van der Waals surface area contributed by atoms with Gasteiger partial charge in [-0.3, -0.25) is 9.48 Å². The molecule has 0 aliphatic rings. The van der Waals surface area contributed by atoms with Gasteiger partial charge in [0, 0.05) is 38.1 Å². The standard InChI is InChI=1S/C13H17F2N5O/c1-8-10(9(2)19(4)16-8)7-18(3)12(21)11-5-6-20(17-11)13(14)15/h5-6,13H,7H2,1-4H3. The Kier molecular flexibility index (Phi) is 4.06. The minimum Gasteiger partial charge on any atom is -0.336 e. The molecule has 0 spiro atoms. The van der Waals surface area contributed by atoms with Crippen LogP contribution >= 0.6 is 0 Å². The van der Waals surface area contributed by atoms with E-state index in [0.717, 1.165) is 23.1 Å². The van der Waals surface area contributed by atoms with Crippen LogP contribution in [0.4, 0.5) is 8.78 Å². The summed E-state index contributed by atoms with van der Waals surface area (Å²) >= 11 is 0. The molecule has 0 unspecified atom stereocenters. The molecular formula is C13H17F2N5O. The lowest BCUT2D eigenvalue weighted by Gasteiger charge is -2.16. The Balaban J connectivity index is 2.15. The number of carbonyl (C=O) groups is 1. The minimum atomic E-state index is -2.75. The van der Waals surface area contributed by atoms with Crippen molar-refractivity contribution in [3.05, 3.63) is 34.9 Å². The van der Waals surface area contributed by atoms with Crippen LogP contribution in [0.2, 0.25) is 0 Å². The van der Waals surface area contributed by atoms with Gasteiger partial charge in [-0.05, 0) is 19.9 Å². The Morgan fingerprint density at radius 1 is 1.38 bits per heavy atom. The van der Waals surface area contributed by atoms with E-state index in [2.05, 4.69) is 10.2 Å². The maximum absolute atomic E-state index is 12.5. The molecule has 2 aromatic heterocycles. The summed E-state index contributed by atoms with van der Waals surface area (Å²) in [7, 11) is 3.44. The molecule has 2 rings (SSSR count). The van der Waals surface area contributed by atoms with Crippen LogP contribution in [-0.2, 0) is 13.6 Å². The first-order valence-electron chi connectivity index (χ1n) is 6.39. The van der Waals surface area contributed by atoms with Crippen molar-refractivity contribution < 1.29 is 13.6 Å². The molecule has 0 atom stereocenters. The van der Waals surface area contributed by atoms with Gasteiger partial charge < -0.3 is 4.90 Å². The predicted octanol–water partition coefficient (Wildman–Crippen LogP) is 1.90. The molecule has 21 heavy (non-hydrogen) atoms. The van der Waals surface area contributed by atoms with Gasteiger partial charge in [-0.25, -0.2) is 4.68 Å². The number of halogens is 2. The minimum absolute atomic E-state index is 0.00278. The first kappa shape index (κ1) is 15.1. The highest BCUT2D eigenvalue weighted by molar-refractivity contribution is 5.92. The number of aryl methyl sites for hydroxylation is 2. The third-order valence-corrected chi connectivity index (χ3v) is 3.43. The fraction of sp³-hybridized carbons (Fsp3) is 0.462. The average molecular weight is 297 g/mol. The van der Waals surface area contributed by atoms with Gasteiger partial charge in [-0.1, -0.05) is 0 Å². The lowest BCUT2D eigenvalue weighted by atomic mass is 10.2. The number of hydrogen-bond donors (Lipinski definition) is 0. The molecule has 0 aliphatic heterocycles. The first-order valence-corrected chi connectivity index (χ1v) is 6.39. The average Bonchev–Trinajstić information content (AvgIpc) is 2.99. The lowest BCUT2D eigenvalue weighted by Crippen LogP contribution is -2.27. The van der Waals surface area contributed by atoms with Crippen molar-refractivity contribution in [3.8, 4) is 0 Å². The Labute approximate surface area is 121 Å². The summed E-state index contributed by atoms with van der Waals surface area (Å²) in [6.45, 7) is 1.39. The van der Waals surface area contributed by atoms with Gasteiger partial charge in [0.15, 0.2) is 5.69 Å². The van der Waals surface area contributed by atoms with E-state index in [1.807, 2.05) is 20.9 Å². The highest BCUT2D eigenvalue weighted by Crippen LogP contribution is 2.16. The number of nitrogens with zero attached hydrogens (tertiary/aromatic N) is 5. The SMILES string of the molecule is Cc1nn(C)c(C)c1CN(C)C(=O)c1ccn(C(F)F)n1. The van der Waals surface area contributed by atoms with Crippen molar-refractivity contribution in [1.82, 2.24) is 24.5 Å². The van der Waals surface area contributed by atoms with E-state index in [4.69, 9.17) is 0 Å². The van der Waals surface area contributed by atoms with Crippen LogP contribution in [0, 0.1) is 13.8 Å². The quantitative estimate of drug-likeness (QED) is 0.866. The molecule has 0 aliphatic carbocycles. The van der Waals surface area contributed by atoms with Crippen LogP contribution < -0.4 is 0 Å². The summed E-state index contributed by atoms with van der Waals surface area (Å²) in [6.07, 6.45) is 1.09. The summed E-state index contributed by atoms with van der Waals surface area (Å²) in [4.78, 5) is 13.6. The Morgan fingerprint density at radius 3 is 2.52 bits per heavy atom. The molecule has 0 saturated heterocycles. The van der Waals surface area contributed by atoms with Gasteiger partial charge in [0.25, 0.3) is 5.91 Å². The van der Waals surface area contributed by atoms with Crippen molar-refractivity contribution in [1.29, 1.82) is 0 Å². The summed E-state index contributed by atoms with van der Waals surface area (Å²) in [5.74, 6) is -0.406. The fourth-order valence-corrected chi connectivity index (χ4v) is 2.11. The smallest absolute Gasteiger partial charge is 0.333 e. The number of alkyl halides is 2. The summed E-state index contributed by atoms with van der Waals surface area (Å²) < 4.78 is 27.1. The number of hydrogen-bond acceptors (Lipinski definition) is 3. The normalized spacial score (nSPS) is 11.2. The summed E-state index contributed by atoms with van der Waals surface area (Å²) in [6, 6.07) is 1.29. The zero-order valence-electron chi connectivity index (χ0n) is 12.3. The Hall–Kier alpha value is -2.25. The molecule has 0 bridgehead atoms. The van der Waals surface area contributed by atoms with Crippen molar-refractivity contribution in [2.45, 2.75) is 26.9 Å². The van der Waals surface area contributed by atoms with Crippen molar-refractivity contribution in [2.24, 2.45) is 7.05 Å². The highest BCUT2D eigenvalue weighted by Gasteiger charge is 2.19. The molecule has 0 N–H and O–H groups in total. The predicted molar refractivity (Wildman–Crippen MR) is 72.0 cm³/mol. The third kappa shape index (κ3) is 2.93.